The summed E-state index contributed by atoms with van der Waals surface area (Å²) in [5, 5.41) is 11.8. The normalized spacial score (nSPS) is 28.5. The number of esters is 1. The fraction of sp³-hybridized carbons (Fsp3) is 0.471. The highest BCUT2D eigenvalue weighted by molar-refractivity contribution is 5.94. The van der Waals surface area contributed by atoms with Crippen LogP contribution in [-0.2, 0) is 9.53 Å². The Bertz CT molecular complexity index is 667. The highest BCUT2D eigenvalue weighted by Crippen LogP contribution is 2.31. The molecule has 1 aliphatic heterocycles. The van der Waals surface area contributed by atoms with E-state index in [0.717, 1.165) is 12.8 Å². The van der Waals surface area contributed by atoms with Crippen LogP contribution in [0.15, 0.2) is 24.3 Å². The smallest absolute Gasteiger partial charge is 0.324 e. The van der Waals surface area contributed by atoms with Crippen LogP contribution in [0.5, 0.6) is 0 Å². The number of benzene rings is 1. The second kappa shape index (κ2) is 6.99. The first-order valence-electron chi connectivity index (χ1n) is 8.02. The molecule has 2 aliphatic rings. The summed E-state index contributed by atoms with van der Waals surface area (Å²) in [6.07, 6.45) is 2.45. The van der Waals surface area contributed by atoms with Crippen LogP contribution in [0, 0.1) is 17.2 Å². The van der Waals surface area contributed by atoms with E-state index in [9.17, 15) is 9.59 Å². The van der Waals surface area contributed by atoms with Gasteiger partial charge in [0.2, 0.25) is 0 Å². The first kappa shape index (κ1) is 16.4. The molecule has 1 saturated heterocycles. The predicted molar refractivity (Wildman–Crippen MR) is 85.6 cm³/mol. The fourth-order valence-electron chi connectivity index (χ4n) is 3.51. The van der Waals surface area contributed by atoms with Crippen molar-refractivity contribution < 1.29 is 14.3 Å². The number of hydrazine groups is 1. The van der Waals surface area contributed by atoms with Gasteiger partial charge in [-0.25, -0.2) is 5.43 Å². The van der Waals surface area contributed by atoms with Crippen molar-refractivity contribution in [3.8, 4) is 6.07 Å². The van der Waals surface area contributed by atoms with E-state index in [1.54, 1.807) is 24.3 Å². The lowest BCUT2D eigenvalue weighted by atomic mass is 9.79. The van der Waals surface area contributed by atoms with Crippen LogP contribution in [0.2, 0.25) is 0 Å². The van der Waals surface area contributed by atoms with Crippen LogP contribution in [-0.4, -0.2) is 37.1 Å². The molecular formula is C17H20N4O3. The Kier molecular flexibility index (Phi) is 4.79. The minimum absolute atomic E-state index is 0.0169. The summed E-state index contributed by atoms with van der Waals surface area (Å²) in [4.78, 5) is 24.2. The maximum Gasteiger partial charge on any atom is 0.324 e. The lowest BCUT2D eigenvalue weighted by Gasteiger charge is -2.32. The van der Waals surface area contributed by atoms with Gasteiger partial charge in [0.15, 0.2) is 0 Å². The molecule has 0 radical (unpaired) electrons. The SMILES string of the molecule is COC(=O)C1NNC2CCC(NC(=O)c3ccc(C#N)cc3)CC21. The third-order valence-electron chi connectivity index (χ3n) is 4.82. The van der Waals surface area contributed by atoms with Crippen molar-refractivity contribution >= 4 is 11.9 Å². The summed E-state index contributed by atoms with van der Waals surface area (Å²) < 4.78 is 4.84. The average Bonchev–Trinajstić information content (AvgIpc) is 3.04. The van der Waals surface area contributed by atoms with Crippen molar-refractivity contribution in [3.63, 3.8) is 0 Å². The van der Waals surface area contributed by atoms with E-state index in [1.807, 2.05) is 6.07 Å². The van der Waals surface area contributed by atoms with Crippen molar-refractivity contribution in [1.82, 2.24) is 16.2 Å². The van der Waals surface area contributed by atoms with Crippen LogP contribution in [0.3, 0.4) is 0 Å². The number of amides is 1. The highest BCUT2D eigenvalue weighted by Gasteiger charge is 2.44. The molecule has 1 aromatic carbocycles. The molecule has 0 aromatic heterocycles. The minimum atomic E-state index is -0.380. The van der Waals surface area contributed by atoms with Gasteiger partial charge in [0.25, 0.3) is 5.91 Å². The number of rotatable bonds is 3. The standard InChI is InChI=1S/C17H20N4O3/c1-24-17(23)15-13-8-12(6-7-14(13)20-21-15)19-16(22)11-4-2-10(9-18)3-5-11/h2-5,12-15,20-21H,6-8H2,1H3,(H,19,22). The van der Waals surface area contributed by atoms with Crippen LogP contribution >= 0.6 is 0 Å². The summed E-state index contributed by atoms with van der Waals surface area (Å²) >= 11 is 0. The molecule has 7 nitrogen and oxygen atoms in total. The number of nitrogens with zero attached hydrogens (tertiary/aromatic N) is 1. The van der Waals surface area contributed by atoms with Gasteiger partial charge in [-0.15, -0.1) is 0 Å². The molecule has 7 heteroatoms. The molecule has 1 aromatic rings. The zero-order valence-electron chi connectivity index (χ0n) is 13.4. The Morgan fingerprint density at radius 2 is 2.00 bits per heavy atom. The van der Waals surface area contributed by atoms with Gasteiger partial charge in [-0.3, -0.25) is 15.0 Å². The van der Waals surface area contributed by atoms with E-state index in [2.05, 4.69) is 16.2 Å². The Morgan fingerprint density at radius 1 is 1.25 bits per heavy atom. The van der Waals surface area contributed by atoms with Crippen LogP contribution in [0.1, 0.15) is 35.2 Å². The number of hydrogen-bond donors (Lipinski definition) is 3. The molecule has 3 rings (SSSR count). The number of ether oxygens (including phenoxy) is 1. The maximum absolute atomic E-state index is 12.4. The van der Waals surface area contributed by atoms with Gasteiger partial charge in [-0.2, -0.15) is 5.26 Å². The first-order chi connectivity index (χ1) is 11.6. The number of hydrogen-bond acceptors (Lipinski definition) is 6. The third kappa shape index (κ3) is 3.25. The zero-order chi connectivity index (χ0) is 17.1. The summed E-state index contributed by atoms with van der Waals surface area (Å²) in [6, 6.07) is 8.44. The van der Waals surface area contributed by atoms with Gasteiger partial charge in [0.05, 0.1) is 18.7 Å². The molecule has 1 heterocycles. The lowest BCUT2D eigenvalue weighted by molar-refractivity contribution is -0.144. The summed E-state index contributed by atoms with van der Waals surface area (Å²) in [5.74, 6) is -0.344. The van der Waals surface area contributed by atoms with Gasteiger partial charge in [-0.1, -0.05) is 0 Å². The number of nitrogens with one attached hydrogen (secondary N) is 3. The Morgan fingerprint density at radius 3 is 2.67 bits per heavy atom. The molecule has 3 N–H and O–H groups in total. The van der Waals surface area contributed by atoms with E-state index in [0.29, 0.717) is 17.5 Å². The monoisotopic (exact) mass is 328 g/mol. The number of carbonyl (C=O) groups is 2. The van der Waals surface area contributed by atoms with Crippen molar-refractivity contribution in [2.75, 3.05) is 7.11 Å². The van der Waals surface area contributed by atoms with Crippen LogP contribution in [0.4, 0.5) is 0 Å². The second-order valence-electron chi connectivity index (χ2n) is 6.23. The average molecular weight is 328 g/mol. The Labute approximate surface area is 140 Å². The van der Waals surface area contributed by atoms with Crippen molar-refractivity contribution in [1.29, 1.82) is 5.26 Å². The van der Waals surface area contributed by atoms with Crippen molar-refractivity contribution in [2.45, 2.75) is 37.4 Å². The first-order valence-corrected chi connectivity index (χ1v) is 8.02. The van der Waals surface area contributed by atoms with Gasteiger partial charge < -0.3 is 10.1 Å². The van der Waals surface area contributed by atoms with Crippen molar-refractivity contribution in [3.05, 3.63) is 35.4 Å². The fourth-order valence-corrected chi connectivity index (χ4v) is 3.51. The molecule has 126 valence electrons. The molecule has 1 amide bonds. The van der Waals surface area contributed by atoms with E-state index in [1.165, 1.54) is 7.11 Å². The van der Waals surface area contributed by atoms with Gasteiger partial charge in [0, 0.05) is 23.6 Å². The lowest BCUT2D eigenvalue weighted by Crippen LogP contribution is -2.46. The third-order valence-corrected chi connectivity index (χ3v) is 4.82. The van der Waals surface area contributed by atoms with Gasteiger partial charge in [-0.05, 0) is 43.5 Å². The number of carbonyl (C=O) groups excluding carboxylic acids is 2. The molecule has 0 spiro atoms. The summed E-state index contributed by atoms with van der Waals surface area (Å²) in [5.41, 5.74) is 7.20. The molecule has 1 aliphatic carbocycles. The molecule has 24 heavy (non-hydrogen) atoms. The molecule has 4 atom stereocenters. The largest absolute Gasteiger partial charge is 0.468 e. The second-order valence-corrected chi connectivity index (χ2v) is 6.23. The summed E-state index contributed by atoms with van der Waals surface area (Å²) in [7, 11) is 1.38. The Hall–Kier alpha value is -2.43. The zero-order valence-corrected chi connectivity index (χ0v) is 13.4. The minimum Gasteiger partial charge on any atom is -0.468 e. The van der Waals surface area contributed by atoms with E-state index < -0.39 is 0 Å². The highest BCUT2D eigenvalue weighted by atomic mass is 16.5. The number of nitriles is 1. The predicted octanol–water partition coefficient (Wildman–Crippen LogP) is 0.475. The molecule has 0 bridgehead atoms. The van der Waals surface area contributed by atoms with E-state index in [4.69, 9.17) is 10.00 Å². The van der Waals surface area contributed by atoms with Gasteiger partial charge >= 0.3 is 5.97 Å². The van der Waals surface area contributed by atoms with Crippen LogP contribution < -0.4 is 16.2 Å². The number of methoxy groups -OCH3 is 1. The molecule has 4 unspecified atom stereocenters. The van der Waals surface area contributed by atoms with Gasteiger partial charge in [0.1, 0.15) is 6.04 Å². The van der Waals surface area contributed by atoms with E-state index in [-0.39, 0.29) is 35.9 Å². The Balaban J connectivity index is 1.62. The topological polar surface area (TPSA) is 103 Å². The molecule has 1 saturated carbocycles. The number of fused-ring (bicyclic) bond motifs is 1. The maximum atomic E-state index is 12.4. The summed E-state index contributed by atoms with van der Waals surface area (Å²) in [6.45, 7) is 0. The quantitative estimate of drug-likeness (QED) is 0.697. The van der Waals surface area contributed by atoms with Crippen LogP contribution in [0.25, 0.3) is 0 Å². The van der Waals surface area contributed by atoms with Crippen molar-refractivity contribution in [2.24, 2.45) is 5.92 Å². The molecule has 2 fully saturated rings. The van der Waals surface area contributed by atoms with E-state index >= 15 is 0 Å². The molecular weight excluding hydrogens is 308 g/mol.